The lowest BCUT2D eigenvalue weighted by atomic mass is 10.5. The summed E-state index contributed by atoms with van der Waals surface area (Å²) >= 11 is 0. The molecule has 0 aliphatic heterocycles. The SMILES string of the molecule is CCPOC(=O)CC. The van der Waals surface area contributed by atoms with Crippen LogP contribution in [0.5, 0.6) is 0 Å². The van der Waals surface area contributed by atoms with Crippen molar-refractivity contribution in [2.24, 2.45) is 0 Å². The highest BCUT2D eigenvalue weighted by molar-refractivity contribution is 7.32. The molecule has 0 aromatic rings. The molecule has 1 atom stereocenters. The Hall–Kier alpha value is -0.100. The maximum atomic E-state index is 10.4. The highest BCUT2D eigenvalue weighted by Gasteiger charge is 1.93. The van der Waals surface area contributed by atoms with E-state index in [-0.39, 0.29) is 5.97 Å². The first-order valence-electron chi connectivity index (χ1n) is 2.73. The smallest absolute Gasteiger partial charge is 0.307 e. The summed E-state index contributed by atoms with van der Waals surface area (Å²) in [5.74, 6) is -0.0924. The number of carbonyl (C=O) groups excluding carboxylic acids is 1. The summed E-state index contributed by atoms with van der Waals surface area (Å²) < 4.78 is 4.73. The molecule has 0 aliphatic carbocycles. The molecule has 0 saturated carbocycles. The molecule has 0 spiro atoms. The monoisotopic (exact) mass is 134 g/mol. The molecule has 0 amide bonds. The Morgan fingerprint density at radius 2 is 2.25 bits per heavy atom. The summed E-state index contributed by atoms with van der Waals surface area (Å²) in [5, 5.41) is 0. The van der Waals surface area contributed by atoms with Crippen molar-refractivity contribution in [2.75, 3.05) is 6.16 Å². The predicted octanol–water partition coefficient (Wildman–Crippen LogP) is 1.55. The van der Waals surface area contributed by atoms with Crippen LogP contribution in [0.25, 0.3) is 0 Å². The van der Waals surface area contributed by atoms with Crippen LogP contribution >= 0.6 is 8.81 Å². The maximum absolute atomic E-state index is 10.4. The molecule has 0 rings (SSSR count). The lowest BCUT2D eigenvalue weighted by Crippen LogP contribution is -1.93. The molecule has 0 radical (unpaired) electrons. The predicted molar refractivity (Wildman–Crippen MR) is 35.2 cm³/mol. The highest BCUT2D eigenvalue weighted by atomic mass is 31.1. The Balaban J connectivity index is 2.99. The van der Waals surface area contributed by atoms with E-state index in [2.05, 4.69) is 0 Å². The molecule has 8 heavy (non-hydrogen) atoms. The third kappa shape index (κ3) is 4.07. The Kier molecular flexibility index (Phi) is 4.98. The Bertz CT molecular complexity index is 72.8. The summed E-state index contributed by atoms with van der Waals surface area (Å²) in [5.41, 5.74) is 0. The second-order valence-corrected chi connectivity index (χ2v) is 2.53. The maximum Gasteiger partial charge on any atom is 0.307 e. The molecule has 0 aromatic heterocycles. The van der Waals surface area contributed by atoms with Crippen LogP contribution in [0.2, 0.25) is 0 Å². The minimum Gasteiger partial charge on any atom is -0.448 e. The van der Waals surface area contributed by atoms with Gasteiger partial charge in [-0.2, -0.15) is 0 Å². The van der Waals surface area contributed by atoms with Gasteiger partial charge in [0.15, 0.2) is 0 Å². The van der Waals surface area contributed by atoms with E-state index in [9.17, 15) is 4.79 Å². The van der Waals surface area contributed by atoms with Crippen molar-refractivity contribution >= 4 is 14.8 Å². The van der Waals surface area contributed by atoms with Gasteiger partial charge in [0.2, 0.25) is 0 Å². The van der Waals surface area contributed by atoms with Gasteiger partial charge < -0.3 is 4.52 Å². The van der Waals surface area contributed by atoms with Crippen LogP contribution in [0.15, 0.2) is 0 Å². The molecular weight excluding hydrogens is 123 g/mol. The van der Waals surface area contributed by atoms with Gasteiger partial charge >= 0.3 is 5.97 Å². The lowest BCUT2D eigenvalue weighted by Gasteiger charge is -1.96. The molecule has 0 bridgehead atoms. The fourth-order valence-electron chi connectivity index (χ4n) is 0.225. The van der Waals surface area contributed by atoms with Crippen LogP contribution in [-0.2, 0) is 9.32 Å². The molecule has 0 saturated heterocycles. The number of hydrogen-bond donors (Lipinski definition) is 0. The van der Waals surface area contributed by atoms with E-state index in [0.29, 0.717) is 15.2 Å². The van der Waals surface area contributed by atoms with Crippen LogP contribution < -0.4 is 0 Å². The van der Waals surface area contributed by atoms with E-state index in [1.807, 2.05) is 6.92 Å². The fourth-order valence-corrected chi connectivity index (χ4v) is 0.674. The van der Waals surface area contributed by atoms with Gasteiger partial charge in [0.1, 0.15) is 0 Å². The van der Waals surface area contributed by atoms with Crippen LogP contribution in [0, 0.1) is 0 Å². The van der Waals surface area contributed by atoms with Crippen LogP contribution in [-0.4, -0.2) is 12.1 Å². The molecule has 48 valence electrons. The second-order valence-electron chi connectivity index (χ2n) is 1.33. The minimum absolute atomic E-state index is 0.0924. The number of rotatable bonds is 3. The number of hydrogen-bond acceptors (Lipinski definition) is 2. The fraction of sp³-hybridized carbons (Fsp3) is 0.800. The van der Waals surface area contributed by atoms with Gasteiger partial charge in [-0.3, -0.25) is 4.79 Å². The third-order valence-corrected chi connectivity index (χ3v) is 1.28. The molecule has 0 fully saturated rings. The summed E-state index contributed by atoms with van der Waals surface area (Å²) in [7, 11) is 0.352. The molecular formula is C5H11O2P. The van der Waals surface area contributed by atoms with Crippen molar-refractivity contribution in [1.82, 2.24) is 0 Å². The zero-order chi connectivity index (χ0) is 6.41. The molecule has 1 unspecified atom stereocenters. The largest absolute Gasteiger partial charge is 0.448 e. The van der Waals surface area contributed by atoms with E-state index in [1.54, 1.807) is 6.92 Å². The standard InChI is InChI=1S/C5H11O2P/c1-3-5(6)7-8-4-2/h8H,3-4H2,1-2H3. The Morgan fingerprint density at radius 3 is 2.62 bits per heavy atom. The molecule has 0 aromatic carbocycles. The lowest BCUT2D eigenvalue weighted by molar-refractivity contribution is -0.133. The van der Waals surface area contributed by atoms with Gasteiger partial charge in [-0.1, -0.05) is 13.8 Å². The van der Waals surface area contributed by atoms with Gasteiger partial charge in [0, 0.05) is 6.42 Å². The quantitative estimate of drug-likeness (QED) is 0.547. The van der Waals surface area contributed by atoms with E-state index in [1.165, 1.54) is 0 Å². The van der Waals surface area contributed by atoms with Gasteiger partial charge in [-0.05, 0) is 6.16 Å². The normalized spacial score (nSPS) is 10.2. The van der Waals surface area contributed by atoms with Crippen molar-refractivity contribution in [2.45, 2.75) is 20.3 Å². The molecule has 0 aliphatic rings. The Labute approximate surface area is 51.5 Å². The average molecular weight is 134 g/mol. The molecule has 3 heteroatoms. The third-order valence-electron chi connectivity index (χ3n) is 0.619. The Morgan fingerprint density at radius 1 is 1.62 bits per heavy atom. The van der Waals surface area contributed by atoms with Gasteiger partial charge in [0.05, 0.1) is 8.81 Å². The summed E-state index contributed by atoms with van der Waals surface area (Å²) in [4.78, 5) is 10.4. The van der Waals surface area contributed by atoms with Crippen molar-refractivity contribution in [3.8, 4) is 0 Å². The van der Waals surface area contributed by atoms with Crippen molar-refractivity contribution in [3.05, 3.63) is 0 Å². The molecule has 2 nitrogen and oxygen atoms in total. The summed E-state index contributed by atoms with van der Waals surface area (Å²) in [6.07, 6.45) is 1.43. The zero-order valence-corrected chi connectivity index (χ0v) is 6.23. The first-order valence-corrected chi connectivity index (χ1v) is 3.85. The minimum atomic E-state index is -0.0924. The van der Waals surface area contributed by atoms with Gasteiger partial charge in [-0.25, -0.2) is 0 Å². The van der Waals surface area contributed by atoms with Crippen LogP contribution in [0.1, 0.15) is 20.3 Å². The van der Waals surface area contributed by atoms with E-state index in [4.69, 9.17) is 4.52 Å². The van der Waals surface area contributed by atoms with Gasteiger partial charge in [-0.15, -0.1) is 0 Å². The summed E-state index contributed by atoms with van der Waals surface area (Å²) in [6.45, 7) is 3.78. The first kappa shape index (κ1) is 7.90. The van der Waals surface area contributed by atoms with Crippen LogP contribution in [0.4, 0.5) is 0 Å². The summed E-state index contributed by atoms with van der Waals surface area (Å²) in [6, 6.07) is 0. The highest BCUT2D eigenvalue weighted by Crippen LogP contribution is 2.10. The van der Waals surface area contributed by atoms with E-state index in [0.717, 1.165) is 6.16 Å². The van der Waals surface area contributed by atoms with E-state index < -0.39 is 0 Å². The molecule has 0 N–H and O–H groups in total. The topological polar surface area (TPSA) is 26.3 Å². The van der Waals surface area contributed by atoms with Gasteiger partial charge in [0.25, 0.3) is 0 Å². The number of carbonyl (C=O) groups is 1. The average Bonchev–Trinajstić information content (AvgIpc) is 1.83. The van der Waals surface area contributed by atoms with Crippen molar-refractivity contribution < 1.29 is 9.32 Å². The first-order chi connectivity index (χ1) is 3.81. The second kappa shape index (κ2) is 5.04. The van der Waals surface area contributed by atoms with Crippen molar-refractivity contribution in [3.63, 3.8) is 0 Å². The van der Waals surface area contributed by atoms with E-state index >= 15 is 0 Å². The van der Waals surface area contributed by atoms with Crippen LogP contribution in [0.3, 0.4) is 0 Å². The van der Waals surface area contributed by atoms with Crippen molar-refractivity contribution in [1.29, 1.82) is 0 Å². The zero-order valence-electron chi connectivity index (χ0n) is 5.23. The molecule has 0 heterocycles.